The summed E-state index contributed by atoms with van der Waals surface area (Å²) in [6.45, 7) is 4.59. The minimum absolute atomic E-state index is 0.526. The van der Waals surface area contributed by atoms with Gasteiger partial charge in [-0.15, -0.1) is 0 Å². The number of unbranched alkanes of at least 4 members (excludes halogenated alkanes) is 6. The fourth-order valence-corrected chi connectivity index (χ4v) is 5.71. The van der Waals surface area contributed by atoms with Gasteiger partial charge in [-0.3, -0.25) is 0 Å². The van der Waals surface area contributed by atoms with E-state index in [1.54, 1.807) is 0 Å². The molecule has 1 aromatic rings. The van der Waals surface area contributed by atoms with Crippen LogP contribution in [0, 0.1) is 11.8 Å². The molecule has 0 atom stereocenters. The third-order valence-corrected chi connectivity index (χ3v) is 7.80. The molecule has 0 radical (unpaired) electrons. The summed E-state index contributed by atoms with van der Waals surface area (Å²) >= 11 is 0. The number of rotatable bonds is 12. The summed E-state index contributed by atoms with van der Waals surface area (Å²) in [7, 11) is 0. The lowest BCUT2D eigenvalue weighted by Gasteiger charge is -2.27. The van der Waals surface area contributed by atoms with Gasteiger partial charge in [-0.2, -0.15) is 4.98 Å². The number of hydrogen-bond donors (Lipinski definition) is 0. The van der Waals surface area contributed by atoms with Crippen molar-refractivity contribution in [2.24, 2.45) is 11.8 Å². The first-order valence-electron chi connectivity index (χ1n) is 13.1. The monoisotopic (exact) mass is 402 g/mol. The summed E-state index contributed by atoms with van der Waals surface area (Å²) in [6, 6.07) is 0. The molecule has 2 aliphatic carbocycles. The van der Waals surface area contributed by atoms with Gasteiger partial charge in [0.2, 0.25) is 5.89 Å². The quantitative estimate of drug-likeness (QED) is 0.329. The van der Waals surface area contributed by atoms with Gasteiger partial charge in [0.15, 0.2) is 5.82 Å². The molecule has 2 aliphatic rings. The molecule has 0 saturated heterocycles. The van der Waals surface area contributed by atoms with Crippen molar-refractivity contribution in [1.82, 2.24) is 10.1 Å². The third kappa shape index (κ3) is 7.40. The van der Waals surface area contributed by atoms with Crippen molar-refractivity contribution in [1.29, 1.82) is 0 Å². The Labute approximate surface area is 179 Å². The Kier molecular flexibility index (Phi) is 10.0. The Bertz CT molecular complexity index is 492. The molecular weight excluding hydrogens is 356 g/mol. The maximum atomic E-state index is 5.76. The van der Waals surface area contributed by atoms with Gasteiger partial charge in [-0.1, -0.05) is 83.2 Å². The van der Waals surface area contributed by atoms with E-state index in [2.05, 4.69) is 19.0 Å². The Hall–Kier alpha value is -0.860. The van der Waals surface area contributed by atoms with Gasteiger partial charge in [0.25, 0.3) is 0 Å². The summed E-state index contributed by atoms with van der Waals surface area (Å²) < 4.78 is 5.76. The fourth-order valence-electron chi connectivity index (χ4n) is 5.71. The van der Waals surface area contributed by atoms with Gasteiger partial charge < -0.3 is 4.52 Å². The lowest BCUT2D eigenvalue weighted by Crippen LogP contribution is -2.15. The van der Waals surface area contributed by atoms with Crippen LogP contribution in [-0.2, 0) is 0 Å². The molecule has 0 unspecified atom stereocenters. The molecule has 0 aliphatic heterocycles. The predicted octanol–water partition coefficient (Wildman–Crippen LogP) is 8.56. The highest BCUT2D eigenvalue weighted by Gasteiger charge is 2.29. The van der Waals surface area contributed by atoms with Crippen LogP contribution < -0.4 is 0 Å². The average Bonchev–Trinajstić information content (AvgIpc) is 3.25. The van der Waals surface area contributed by atoms with E-state index in [0.717, 1.165) is 23.6 Å². The van der Waals surface area contributed by atoms with Gasteiger partial charge in [0.05, 0.1) is 0 Å². The van der Waals surface area contributed by atoms with E-state index in [0.29, 0.717) is 11.8 Å². The van der Waals surface area contributed by atoms with Crippen molar-refractivity contribution in [3.8, 4) is 0 Å². The maximum absolute atomic E-state index is 5.76. The van der Waals surface area contributed by atoms with E-state index >= 15 is 0 Å². The van der Waals surface area contributed by atoms with Crippen LogP contribution in [0.15, 0.2) is 4.52 Å². The lowest BCUT2D eigenvalue weighted by molar-refractivity contribution is 0.257. The van der Waals surface area contributed by atoms with Crippen molar-refractivity contribution in [3.63, 3.8) is 0 Å². The van der Waals surface area contributed by atoms with Gasteiger partial charge in [-0.05, 0) is 63.2 Å². The summed E-state index contributed by atoms with van der Waals surface area (Å²) in [5, 5.41) is 4.43. The molecule has 3 heteroatoms. The SMILES string of the molecule is CCCCCCC1CCC(c2noc(C3CCC(CCCCCC)CC3)n2)CC1. The highest BCUT2D eigenvalue weighted by molar-refractivity contribution is 5.02. The van der Waals surface area contributed by atoms with Crippen LogP contribution >= 0.6 is 0 Å². The van der Waals surface area contributed by atoms with Crippen molar-refractivity contribution in [3.05, 3.63) is 11.7 Å². The minimum Gasteiger partial charge on any atom is -0.339 e. The molecule has 0 amide bonds. The number of nitrogens with zero attached hydrogens (tertiary/aromatic N) is 2. The van der Waals surface area contributed by atoms with Crippen molar-refractivity contribution < 1.29 is 4.52 Å². The van der Waals surface area contributed by atoms with Crippen LogP contribution in [0.1, 0.15) is 153 Å². The first kappa shape index (κ1) is 22.8. The average molecular weight is 403 g/mol. The van der Waals surface area contributed by atoms with Gasteiger partial charge in [0.1, 0.15) is 0 Å². The van der Waals surface area contributed by atoms with Crippen LogP contribution in [0.5, 0.6) is 0 Å². The standard InChI is InChI=1S/C26H46N2O/c1-3-5-7-9-11-21-13-17-23(18-14-21)25-27-26(29-28-25)24-19-15-22(16-20-24)12-10-8-6-4-2/h21-24H,3-20H2,1-2H3. The molecule has 0 aromatic carbocycles. The molecule has 1 aromatic heterocycles. The summed E-state index contributed by atoms with van der Waals surface area (Å²) in [5.41, 5.74) is 0. The van der Waals surface area contributed by atoms with Crippen molar-refractivity contribution in [2.45, 2.75) is 141 Å². The van der Waals surface area contributed by atoms with E-state index in [4.69, 9.17) is 9.51 Å². The second-order valence-electron chi connectivity index (χ2n) is 10.1. The number of aromatic nitrogens is 2. The van der Waals surface area contributed by atoms with Crippen LogP contribution in [0.3, 0.4) is 0 Å². The third-order valence-electron chi connectivity index (χ3n) is 7.80. The van der Waals surface area contributed by atoms with E-state index < -0.39 is 0 Å². The molecule has 3 rings (SSSR count). The highest BCUT2D eigenvalue weighted by atomic mass is 16.5. The van der Waals surface area contributed by atoms with E-state index in [1.165, 1.54) is 116 Å². The Morgan fingerprint density at radius 2 is 1.17 bits per heavy atom. The van der Waals surface area contributed by atoms with Gasteiger partial charge in [-0.25, -0.2) is 0 Å². The molecule has 1 heterocycles. The Morgan fingerprint density at radius 3 is 1.69 bits per heavy atom. The maximum Gasteiger partial charge on any atom is 0.229 e. The molecule has 29 heavy (non-hydrogen) atoms. The summed E-state index contributed by atoms with van der Waals surface area (Å²) in [4.78, 5) is 4.90. The molecule has 2 fully saturated rings. The first-order valence-corrected chi connectivity index (χ1v) is 13.1. The van der Waals surface area contributed by atoms with E-state index in [1.807, 2.05) is 0 Å². The van der Waals surface area contributed by atoms with Crippen LogP contribution in [0.4, 0.5) is 0 Å². The lowest BCUT2D eigenvalue weighted by atomic mass is 9.79. The second-order valence-corrected chi connectivity index (χ2v) is 10.1. The molecule has 3 nitrogen and oxygen atoms in total. The summed E-state index contributed by atoms with van der Waals surface area (Å²) in [5.74, 6) is 4.93. The zero-order valence-corrected chi connectivity index (χ0v) is 19.3. The van der Waals surface area contributed by atoms with E-state index in [9.17, 15) is 0 Å². The minimum atomic E-state index is 0.526. The van der Waals surface area contributed by atoms with E-state index in [-0.39, 0.29) is 0 Å². The van der Waals surface area contributed by atoms with Crippen LogP contribution in [-0.4, -0.2) is 10.1 Å². The molecule has 166 valence electrons. The molecular formula is C26H46N2O. The van der Waals surface area contributed by atoms with Gasteiger partial charge in [0, 0.05) is 11.8 Å². The van der Waals surface area contributed by atoms with Crippen molar-refractivity contribution in [2.75, 3.05) is 0 Å². The van der Waals surface area contributed by atoms with Crippen LogP contribution in [0.2, 0.25) is 0 Å². The highest BCUT2D eigenvalue weighted by Crippen LogP contribution is 2.40. The normalized spacial score (nSPS) is 27.9. The van der Waals surface area contributed by atoms with Crippen LogP contribution in [0.25, 0.3) is 0 Å². The van der Waals surface area contributed by atoms with Gasteiger partial charge >= 0.3 is 0 Å². The molecule has 0 N–H and O–H groups in total. The second kappa shape index (κ2) is 12.7. The predicted molar refractivity (Wildman–Crippen MR) is 121 cm³/mol. The first-order chi connectivity index (χ1) is 14.3. The summed E-state index contributed by atoms with van der Waals surface area (Å²) in [6.07, 6.45) is 24.5. The molecule has 0 spiro atoms. The smallest absolute Gasteiger partial charge is 0.229 e. The zero-order valence-electron chi connectivity index (χ0n) is 19.3. The fraction of sp³-hybridized carbons (Fsp3) is 0.923. The molecule has 0 bridgehead atoms. The largest absolute Gasteiger partial charge is 0.339 e. The molecule has 2 saturated carbocycles. The van der Waals surface area contributed by atoms with Crippen molar-refractivity contribution >= 4 is 0 Å². The Balaban J connectivity index is 1.36. The zero-order chi connectivity index (χ0) is 20.3. The number of hydrogen-bond acceptors (Lipinski definition) is 3. The topological polar surface area (TPSA) is 38.9 Å². The Morgan fingerprint density at radius 1 is 0.655 bits per heavy atom.